The summed E-state index contributed by atoms with van der Waals surface area (Å²) in [7, 11) is -3.61. The van der Waals surface area contributed by atoms with E-state index in [0.29, 0.717) is 25.3 Å². The lowest BCUT2D eigenvalue weighted by atomic mass is 9.69. The van der Waals surface area contributed by atoms with Crippen LogP contribution in [0.3, 0.4) is 0 Å². The van der Waals surface area contributed by atoms with E-state index < -0.39 is 15.6 Å². The fourth-order valence-electron chi connectivity index (χ4n) is 4.75. The van der Waals surface area contributed by atoms with Crippen molar-refractivity contribution >= 4 is 10.0 Å². The Morgan fingerprint density at radius 1 is 1.21 bits per heavy atom. The zero-order chi connectivity index (χ0) is 19.9. The van der Waals surface area contributed by atoms with Crippen molar-refractivity contribution < 1.29 is 13.5 Å². The average molecular weight is 402 g/mol. The Labute approximate surface area is 166 Å². The molecule has 1 aliphatic heterocycles. The number of nitrogens with zero attached hydrogens (tertiary/aromatic N) is 3. The lowest BCUT2D eigenvalue weighted by molar-refractivity contribution is -0.0605. The van der Waals surface area contributed by atoms with Gasteiger partial charge in [-0.2, -0.15) is 4.31 Å². The van der Waals surface area contributed by atoms with E-state index in [0.717, 1.165) is 30.4 Å². The highest BCUT2D eigenvalue weighted by atomic mass is 32.2. The van der Waals surface area contributed by atoms with Gasteiger partial charge in [-0.1, -0.05) is 25.5 Å². The molecule has 1 N–H and O–H groups in total. The number of sulfonamides is 1. The number of aromatic nitrogens is 2. The van der Waals surface area contributed by atoms with E-state index in [1.54, 1.807) is 34.9 Å². The number of benzene rings is 1. The molecule has 3 atom stereocenters. The number of rotatable bonds is 4. The molecule has 0 unspecified atom stereocenters. The van der Waals surface area contributed by atoms with E-state index in [1.165, 1.54) is 0 Å². The fourth-order valence-corrected chi connectivity index (χ4v) is 6.32. The standard InChI is InChI=1S/C21H27N3O3S/c1-3-21(25)9-5-7-17-13-24(14-20(17)21)28(26,27)19-8-4-6-16(10-19)18-11-22-15(2)23-12-18/h4,6,8,10-12,17,20,25H,3,5,7,9,13-14H2,1-2H3/t17-,20+,21-/m0/s1. The molecule has 1 aliphatic carbocycles. The monoisotopic (exact) mass is 401 g/mol. The second-order valence-corrected chi connectivity index (χ2v) is 10.0. The molecule has 4 rings (SSSR count). The lowest BCUT2D eigenvalue weighted by Crippen LogP contribution is -2.44. The first-order chi connectivity index (χ1) is 13.3. The van der Waals surface area contributed by atoms with E-state index in [4.69, 9.17) is 0 Å². The third kappa shape index (κ3) is 3.36. The maximum atomic E-state index is 13.3. The van der Waals surface area contributed by atoms with Gasteiger partial charge in [0.05, 0.1) is 10.5 Å². The summed E-state index contributed by atoms with van der Waals surface area (Å²) in [5.74, 6) is 0.937. The predicted octanol–water partition coefficient (Wildman–Crippen LogP) is 3.01. The highest BCUT2D eigenvalue weighted by Gasteiger charge is 2.50. The smallest absolute Gasteiger partial charge is 0.243 e. The molecule has 150 valence electrons. The molecule has 0 radical (unpaired) electrons. The van der Waals surface area contributed by atoms with Crippen molar-refractivity contribution in [2.75, 3.05) is 13.1 Å². The largest absolute Gasteiger partial charge is 0.390 e. The van der Waals surface area contributed by atoms with Crippen molar-refractivity contribution in [3.8, 4) is 11.1 Å². The molecule has 6 nitrogen and oxygen atoms in total. The van der Waals surface area contributed by atoms with Crippen LogP contribution in [0.2, 0.25) is 0 Å². The summed E-state index contributed by atoms with van der Waals surface area (Å²) >= 11 is 0. The van der Waals surface area contributed by atoms with Crippen molar-refractivity contribution in [2.45, 2.75) is 50.0 Å². The van der Waals surface area contributed by atoms with E-state index >= 15 is 0 Å². The summed E-state index contributed by atoms with van der Waals surface area (Å²) in [6.07, 6.45) is 6.80. The van der Waals surface area contributed by atoms with Crippen LogP contribution in [0.25, 0.3) is 11.1 Å². The maximum absolute atomic E-state index is 13.3. The second-order valence-electron chi connectivity index (χ2n) is 8.08. The molecule has 1 aromatic heterocycles. The predicted molar refractivity (Wildman–Crippen MR) is 107 cm³/mol. The van der Waals surface area contributed by atoms with Crippen molar-refractivity contribution in [1.82, 2.24) is 14.3 Å². The minimum atomic E-state index is -3.61. The molecule has 0 spiro atoms. The van der Waals surface area contributed by atoms with Crippen LogP contribution in [-0.2, 0) is 10.0 Å². The average Bonchev–Trinajstić information content (AvgIpc) is 3.16. The summed E-state index contributed by atoms with van der Waals surface area (Å²) in [6.45, 7) is 4.70. The topological polar surface area (TPSA) is 83.4 Å². The van der Waals surface area contributed by atoms with Gasteiger partial charge in [-0.05, 0) is 49.8 Å². The first-order valence-corrected chi connectivity index (χ1v) is 11.4. The molecule has 28 heavy (non-hydrogen) atoms. The SMILES string of the molecule is CC[C@]1(O)CCC[C@H]2CN(S(=O)(=O)c3cccc(-c4cnc(C)nc4)c3)C[C@H]21. The van der Waals surface area contributed by atoms with Gasteiger partial charge in [0.25, 0.3) is 0 Å². The fraction of sp³-hybridized carbons (Fsp3) is 0.524. The van der Waals surface area contributed by atoms with Gasteiger partial charge in [-0.15, -0.1) is 0 Å². The van der Waals surface area contributed by atoms with Gasteiger partial charge < -0.3 is 5.11 Å². The summed E-state index contributed by atoms with van der Waals surface area (Å²) in [5.41, 5.74) is 0.828. The molecule has 1 aromatic carbocycles. The van der Waals surface area contributed by atoms with Crippen LogP contribution in [0.4, 0.5) is 0 Å². The molecule has 1 saturated carbocycles. The van der Waals surface area contributed by atoms with E-state index in [1.807, 2.05) is 19.9 Å². The van der Waals surface area contributed by atoms with Crippen LogP contribution in [0.15, 0.2) is 41.6 Å². The number of aliphatic hydroxyl groups is 1. The molecule has 2 aromatic rings. The van der Waals surface area contributed by atoms with Gasteiger partial charge in [0.2, 0.25) is 10.0 Å². The van der Waals surface area contributed by atoms with Crippen molar-refractivity contribution in [3.63, 3.8) is 0 Å². The zero-order valence-electron chi connectivity index (χ0n) is 16.4. The highest BCUT2D eigenvalue weighted by Crippen LogP contribution is 2.45. The van der Waals surface area contributed by atoms with E-state index in [-0.39, 0.29) is 16.7 Å². The Bertz CT molecular complexity index is 961. The first kappa shape index (κ1) is 19.5. The van der Waals surface area contributed by atoms with Crippen LogP contribution >= 0.6 is 0 Å². The van der Waals surface area contributed by atoms with Gasteiger partial charge >= 0.3 is 0 Å². The Hall–Kier alpha value is -1.83. The third-order valence-corrected chi connectivity index (χ3v) is 8.31. The number of hydrogen-bond donors (Lipinski definition) is 1. The van der Waals surface area contributed by atoms with Crippen LogP contribution in [-0.4, -0.2) is 46.5 Å². The zero-order valence-corrected chi connectivity index (χ0v) is 17.2. The number of aryl methyl sites for hydroxylation is 1. The molecule has 0 bridgehead atoms. The van der Waals surface area contributed by atoms with Crippen molar-refractivity contribution in [3.05, 3.63) is 42.5 Å². The van der Waals surface area contributed by atoms with Crippen LogP contribution in [0, 0.1) is 18.8 Å². The first-order valence-electron chi connectivity index (χ1n) is 9.95. The minimum absolute atomic E-state index is 0.0229. The van der Waals surface area contributed by atoms with Gasteiger partial charge in [0, 0.05) is 37.0 Å². The molecular weight excluding hydrogens is 374 g/mol. The van der Waals surface area contributed by atoms with Crippen LogP contribution < -0.4 is 0 Å². The quantitative estimate of drug-likeness (QED) is 0.851. The summed E-state index contributed by atoms with van der Waals surface area (Å²) in [4.78, 5) is 8.68. The molecule has 7 heteroatoms. The third-order valence-electron chi connectivity index (χ3n) is 6.48. The maximum Gasteiger partial charge on any atom is 0.243 e. The normalized spacial score (nSPS) is 28.2. The Morgan fingerprint density at radius 2 is 1.96 bits per heavy atom. The molecule has 2 heterocycles. The molecular formula is C21H27N3O3S. The lowest BCUT2D eigenvalue weighted by Gasteiger charge is -2.40. The Morgan fingerprint density at radius 3 is 2.68 bits per heavy atom. The molecule has 2 aliphatic rings. The Balaban J connectivity index is 1.62. The molecule has 0 amide bonds. The van der Waals surface area contributed by atoms with E-state index in [9.17, 15) is 13.5 Å². The summed E-state index contributed by atoms with van der Waals surface area (Å²) in [6, 6.07) is 6.96. The number of hydrogen-bond acceptors (Lipinski definition) is 5. The van der Waals surface area contributed by atoms with Gasteiger partial charge in [-0.3, -0.25) is 0 Å². The van der Waals surface area contributed by atoms with Gasteiger partial charge in [0.1, 0.15) is 5.82 Å². The Kier molecular flexibility index (Phi) is 5.02. The van der Waals surface area contributed by atoms with Gasteiger partial charge in [0.15, 0.2) is 0 Å². The molecule has 2 fully saturated rings. The van der Waals surface area contributed by atoms with Crippen LogP contribution in [0.1, 0.15) is 38.4 Å². The summed E-state index contributed by atoms with van der Waals surface area (Å²) in [5, 5.41) is 11.0. The van der Waals surface area contributed by atoms with Crippen LogP contribution in [0.5, 0.6) is 0 Å². The molecule has 1 saturated heterocycles. The highest BCUT2D eigenvalue weighted by molar-refractivity contribution is 7.89. The summed E-state index contributed by atoms with van der Waals surface area (Å²) < 4.78 is 28.2. The van der Waals surface area contributed by atoms with Gasteiger partial charge in [-0.25, -0.2) is 18.4 Å². The van der Waals surface area contributed by atoms with Crippen molar-refractivity contribution in [2.24, 2.45) is 11.8 Å². The minimum Gasteiger partial charge on any atom is -0.390 e. The van der Waals surface area contributed by atoms with E-state index in [2.05, 4.69) is 9.97 Å². The van der Waals surface area contributed by atoms with Crippen molar-refractivity contribution in [1.29, 1.82) is 0 Å². The number of fused-ring (bicyclic) bond motifs is 1. The second kappa shape index (κ2) is 7.21.